The predicted octanol–water partition coefficient (Wildman–Crippen LogP) is 2.83. The molecule has 6 heteroatoms. The van der Waals surface area contributed by atoms with Crippen LogP contribution in [0.15, 0.2) is 30.6 Å². The minimum absolute atomic E-state index is 0.00370. The van der Waals surface area contributed by atoms with Gasteiger partial charge < -0.3 is 10.2 Å². The van der Waals surface area contributed by atoms with E-state index < -0.39 is 0 Å². The molecule has 0 radical (unpaired) electrons. The third-order valence-electron chi connectivity index (χ3n) is 4.86. The van der Waals surface area contributed by atoms with Gasteiger partial charge in [-0.25, -0.2) is 4.39 Å². The molecule has 1 aromatic carbocycles. The Kier molecular flexibility index (Phi) is 5.06. The number of amides is 1. The van der Waals surface area contributed by atoms with Crippen LogP contribution in [0.3, 0.4) is 0 Å². The van der Waals surface area contributed by atoms with E-state index in [1.807, 2.05) is 44.3 Å². The van der Waals surface area contributed by atoms with Gasteiger partial charge in [0.2, 0.25) is 5.91 Å². The molecule has 0 unspecified atom stereocenters. The highest BCUT2D eigenvalue weighted by Crippen LogP contribution is 2.47. The number of hydrogen-bond acceptors (Lipinski definition) is 3. The summed E-state index contributed by atoms with van der Waals surface area (Å²) in [4.78, 5) is 14.3. The van der Waals surface area contributed by atoms with Crippen LogP contribution in [0.4, 0.5) is 10.1 Å². The Bertz CT molecular complexity index is 754. The lowest BCUT2D eigenvalue weighted by atomic mass is 10.1. The number of benzene rings is 1. The highest BCUT2D eigenvalue weighted by molar-refractivity contribution is 5.82. The maximum Gasteiger partial charge on any atom is 0.224 e. The van der Waals surface area contributed by atoms with Crippen molar-refractivity contribution in [3.05, 3.63) is 47.5 Å². The molecule has 1 N–H and O–H groups in total. The lowest BCUT2D eigenvalue weighted by Gasteiger charge is -2.22. The number of nitrogens with zero attached hydrogens (tertiary/aromatic N) is 3. The molecule has 25 heavy (non-hydrogen) atoms. The number of rotatable bonds is 7. The first-order valence-corrected chi connectivity index (χ1v) is 8.83. The summed E-state index contributed by atoms with van der Waals surface area (Å²) in [5.41, 5.74) is 2.50. The van der Waals surface area contributed by atoms with Crippen molar-refractivity contribution >= 4 is 11.6 Å². The molecule has 1 aliphatic rings. The summed E-state index contributed by atoms with van der Waals surface area (Å²) in [6.07, 6.45) is 4.63. The van der Waals surface area contributed by atoms with E-state index in [2.05, 4.69) is 10.4 Å². The number of nitrogens with one attached hydrogen (secondary N) is 1. The van der Waals surface area contributed by atoms with Gasteiger partial charge in [0.25, 0.3) is 0 Å². The Morgan fingerprint density at radius 1 is 1.40 bits per heavy atom. The molecule has 0 bridgehead atoms. The van der Waals surface area contributed by atoms with E-state index in [1.54, 1.807) is 10.7 Å². The molecule has 134 valence electrons. The molecule has 1 aromatic heterocycles. The highest BCUT2D eigenvalue weighted by Gasteiger charge is 2.44. The predicted molar refractivity (Wildman–Crippen MR) is 95.9 cm³/mol. The van der Waals surface area contributed by atoms with E-state index in [-0.39, 0.29) is 23.6 Å². The number of aryl methyl sites for hydroxylation is 1. The second kappa shape index (κ2) is 7.25. The van der Waals surface area contributed by atoms with E-state index >= 15 is 0 Å². The average Bonchev–Trinajstić information content (AvgIpc) is 3.29. The second-order valence-electron chi connectivity index (χ2n) is 6.57. The number of carbonyl (C=O) groups excluding carboxylic acids is 1. The SMILES string of the molecule is CCN(CC)c1ccc(CNC(=O)[C@@H]2C[C@H]2c2cnn(C)c2)cc1F. The number of carbonyl (C=O) groups is 1. The van der Waals surface area contributed by atoms with E-state index in [0.29, 0.717) is 12.2 Å². The fourth-order valence-electron chi connectivity index (χ4n) is 3.29. The van der Waals surface area contributed by atoms with E-state index in [0.717, 1.165) is 30.6 Å². The summed E-state index contributed by atoms with van der Waals surface area (Å²) in [5, 5.41) is 7.08. The largest absolute Gasteiger partial charge is 0.370 e. The smallest absolute Gasteiger partial charge is 0.224 e. The first-order valence-electron chi connectivity index (χ1n) is 8.83. The summed E-state index contributed by atoms with van der Waals surface area (Å²) >= 11 is 0. The first-order chi connectivity index (χ1) is 12.0. The molecule has 2 aromatic rings. The zero-order chi connectivity index (χ0) is 18.0. The molecule has 1 aliphatic carbocycles. The summed E-state index contributed by atoms with van der Waals surface area (Å²) < 4.78 is 16.0. The van der Waals surface area contributed by atoms with E-state index in [4.69, 9.17) is 0 Å². The Labute approximate surface area is 147 Å². The normalized spacial score (nSPS) is 18.9. The van der Waals surface area contributed by atoms with Crippen molar-refractivity contribution in [1.82, 2.24) is 15.1 Å². The zero-order valence-electron chi connectivity index (χ0n) is 15.0. The number of aromatic nitrogens is 2. The Morgan fingerprint density at radius 3 is 2.76 bits per heavy atom. The maximum atomic E-state index is 14.3. The fourth-order valence-corrected chi connectivity index (χ4v) is 3.29. The van der Waals surface area contributed by atoms with Crippen LogP contribution in [0.25, 0.3) is 0 Å². The van der Waals surface area contributed by atoms with Crippen LogP contribution in [0.2, 0.25) is 0 Å². The van der Waals surface area contributed by atoms with Gasteiger partial charge in [0.05, 0.1) is 11.9 Å². The van der Waals surface area contributed by atoms with Gasteiger partial charge in [0, 0.05) is 38.8 Å². The van der Waals surface area contributed by atoms with Crippen molar-refractivity contribution in [2.24, 2.45) is 13.0 Å². The molecule has 1 amide bonds. The first kappa shape index (κ1) is 17.5. The lowest BCUT2D eigenvalue weighted by molar-refractivity contribution is -0.122. The van der Waals surface area contributed by atoms with Crippen LogP contribution < -0.4 is 10.2 Å². The monoisotopic (exact) mass is 344 g/mol. The van der Waals surface area contributed by atoms with Gasteiger partial charge in [0.1, 0.15) is 5.82 Å². The molecule has 0 saturated heterocycles. The van der Waals surface area contributed by atoms with Gasteiger partial charge in [-0.1, -0.05) is 6.07 Å². The van der Waals surface area contributed by atoms with Gasteiger partial charge in [0.15, 0.2) is 0 Å². The molecule has 5 nitrogen and oxygen atoms in total. The lowest BCUT2D eigenvalue weighted by Crippen LogP contribution is -2.25. The third-order valence-corrected chi connectivity index (χ3v) is 4.86. The summed E-state index contributed by atoms with van der Waals surface area (Å²) in [6, 6.07) is 5.18. The van der Waals surface area contributed by atoms with Crippen LogP contribution in [0.1, 0.15) is 37.3 Å². The Balaban J connectivity index is 1.55. The molecular formula is C19H25FN4O. The standard InChI is InChI=1S/C19H25FN4O/c1-4-24(5-2)18-7-6-13(8-17(18)20)10-21-19(25)16-9-15(16)14-11-22-23(3)12-14/h6-8,11-12,15-16H,4-5,9-10H2,1-3H3,(H,21,25)/t15-,16+/m0/s1. The molecule has 0 aliphatic heterocycles. The number of hydrogen-bond donors (Lipinski definition) is 1. The van der Waals surface area contributed by atoms with Gasteiger partial charge >= 0.3 is 0 Å². The average molecular weight is 344 g/mol. The Hall–Kier alpha value is -2.37. The van der Waals surface area contributed by atoms with Gasteiger partial charge in [-0.15, -0.1) is 0 Å². The van der Waals surface area contributed by atoms with Gasteiger partial charge in [-0.3, -0.25) is 9.48 Å². The van der Waals surface area contributed by atoms with Gasteiger partial charge in [-0.05, 0) is 49.4 Å². The van der Waals surface area contributed by atoms with Crippen molar-refractivity contribution in [2.45, 2.75) is 32.7 Å². The highest BCUT2D eigenvalue weighted by atomic mass is 19.1. The van der Waals surface area contributed by atoms with Crippen molar-refractivity contribution < 1.29 is 9.18 Å². The topological polar surface area (TPSA) is 50.2 Å². The molecule has 3 rings (SSSR count). The summed E-state index contributed by atoms with van der Waals surface area (Å²) in [7, 11) is 1.87. The molecule has 0 spiro atoms. The molecular weight excluding hydrogens is 319 g/mol. The van der Waals surface area contributed by atoms with E-state index in [9.17, 15) is 9.18 Å². The van der Waals surface area contributed by atoms with Crippen LogP contribution in [-0.2, 0) is 18.4 Å². The van der Waals surface area contributed by atoms with Crippen molar-refractivity contribution in [3.63, 3.8) is 0 Å². The van der Waals surface area contributed by atoms with E-state index in [1.165, 1.54) is 6.07 Å². The quantitative estimate of drug-likeness (QED) is 0.840. The summed E-state index contributed by atoms with van der Waals surface area (Å²) in [5.74, 6) is 0.0525. The minimum atomic E-state index is -0.241. The molecule has 1 fully saturated rings. The van der Waals surface area contributed by atoms with Crippen LogP contribution in [0.5, 0.6) is 0 Å². The third kappa shape index (κ3) is 3.83. The second-order valence-corrected chi connectivity index (χ2v) is 6.57. The van der Waals surface area contributed by atoms with Crippen molar-refractivity contribution in [1.29, 1.82) is 0 Å². The zero-order valence-corrected chi connectivity index (χ0v) is 15.0. The van der Waals surface area contributed by atoms with Crippen molar-refractivity contribution in [2.75, 3.05) is 18.0 Å². The molecule has 1 heterocycles. The minimum Gasteiger partial charge on any atom is -0.370 e. The number of halogens is 1. The molecule has 1 saturated carbocycles. The summed E-state index contributed by atoms with van der Waals surface area (Å²) in [6.45, 7) is 5.89. The van der Waals surface area contributed by atoms with Crippen LogP contribution in [-0.4, -0.2) is 28.8 Å². The van der Waals surface area contributed by atoms with Crippen LogP contribution >= 0.6 is 0 Å². The van der Waals surface area contributed by atoms with Gasteiger partial charge in [-0.2, -0.15) is 5.10 Å². The van der Waals surface area contributed by atoms with Crippen molar-refractivity contribution in [3.8, 4) is 0 Å². The van der Waals surface area contributed by atoms with Crippen LogP contribution in [0, 0.1) is 11.7 Å². The number of anilines is 1. The fraction of sp³-hybridized carbons (Fsp3) is 0.474. The molecule has 2 atom stereocenters. The maximum absolute atomic E-state index is 14.3. The Morgan fingerprint density at radius 2 is 2.16 bits per heavy atom.